The van der Waals surface area contributed by atoms with Crippen molar-refractivity contribution in [3.8, 4) is 0 Å². The van der Waals surface area contributed by atoms with Gasteiger partial charge < -0.3 is 9.32 Å². The lowest BCUT2D eigenvalue weighted by Gasteiger charge is -2.31. The molecule has 6 heteroatoms. The number of para-hydroxylation sites is 1. The van der Waals surface area contributed by atoms with Crippen molar-refractivity contribution < 1.29 is 4.42 Å². The van der Waals surface area contributed by atoms with Gasteiger partial charge in [-0.1, -0.05) is 102 Å². The highest BCUT2D eigenvalue weighted by molar-refractivity contribution is 9.11. The van der Waals surface area contributed by atoms with Gasteiger partial charge in [0.25, 0.3) is 0 Å². The maximum Gasteiger partial charge on any atom is 0.156 e. The van der Waals surface area contributed by atoms with Crippen molar-refractivity contribution in [1.82, 2.24) is 0 Å². The molecule has 7 rings (SSSR count). The molecule has 0 aliphatic carbocycles. The number of fused-ring (bicyclic) bond motifs is 5. The van der Waals surface area contributed by atoms with Gasteiger partial charge in [-0.3, -0.25) is 0 Å². The van der Waals surface area contributed by atoms with Crippen molar-refractivity contribution in [1.29, 1.82) is 0 Å². The lowest BCUT2D eigenvalue weighted by atomic mass is 10.0. The Bertz CT molecular complexity index is 1960. The summed E-state index contributed by atoms with van der Waals surface area (Å²) in [6.07, 6.45) is 0. The molecule has 0 bridgehead atoms. The van der Waals surface area contributed by atoms with E-state index in [0.29, 0.717) is 21.3 Å². The number of rotatable bonds is 3. The van der Waals surface area contributed by atoms with Crippen LogP contribution in [0.25, 0.3) is 43.5 Å². The van der Waals surface area contributed by atoms with E-state index in [9.17, 15) is 0 Å². The van der Waals surface area contributed by atoms with Crippen LogP contribution in [-0.4, -0.2) is 0 Å². The number of anilines is 3. The summed E-state index contributed by atoms with van der Waals surface area (Å²) in [6.45, 7) is 0. The van der Waals surface area contributed by atoms with Crippen LogP contribution in [0.2, 0.25) is 10.0 Å². The number of hydrogen-bond acceptors (Lipinski definition) is 2. The van der Waals surface area contributed by atoms with Crippen LogP contribution in [0.15, 0.2) is 116 Å². The predicted octanol–water partition coefficient (Wildman–Crippen LogP) is 12.2. The quantitative estimate of drug-likeness (QED) is 0.187. The van der Waals surface area contributed by atoms with Gasteiger partial charge in [-0.05, 0) is 66.9 Å². The Kier molecular flexibility index (Phi) is 5.90. The highest BCUT2D eigenvalue weighted by Crippen LogP contribution is 2.54. The fourth-order valence-corrected chi connectivity index (χ4v) is 6.94. The fraction of sp³-hybridized carbons (Fsp3) is 0. The van der Waals surface area contributed by atoms with E-state index in [-0.39, 0.29) is 0 Å². The standard InChI is InChI=1S/C32H17Br2Cl2NO/c33-24-15-13-18-7-1-3-9-20(18)29(24)37(30-21-10-4-2-8-19(21)14-16-25(30)34)31-26(35)17-23-22-11-5-6-12-27(22)38-32(23)28(31)36/h1-17H. The smallest absolute Gasteiger partial charge is 0.156 e. The topological polar surface area (TPSA) is 16.4 Å². The molecule has 1 aromatic heterocycles. The third kappa shape index (κ3) is 3.66. The van der Waals surface area contributed by atoms with Crippen LogP contribution in [-0.2, 0) is 0 Å². The van der Waals surface area contributed by atoms with Crippen molar-refractivity contribution in [3.05, 3.63) is 122 Å². The van der Waals surface area contributed by atoms with Gasteiger partial charge in [-0.2, -0.15) is 0 Å². The van der Waals surface area contributed by atoms with Crippen molar-refractivity contribution in [3.63, 3.8) is 0 Å². The SMILES string of the molecule is Clc1cc2c(oc3ccccc32)c(Cl)c1N(c1c(Br)ccc2ccccc12)c1c(Br)ccc2ccccc12. The molecule has 2 nitrogen and oxygen atoms in total. The van der Waals surface area contributed by atoms with Gasteiger partial charge in [0.05, 0.1) is 22.1 Å². The van der Waals surface area contributed by atoms with E-state index >= 15 is 0 Å². The van der Waals surface area contributed by atoms with Crippen molar-refractivity contribution in [2.75, 3.05) is 4.90 Å². The number of halogens is 4. The van der Waals surface area contributed by atoms with Crippen LogP contribution in [0.4, 0.5) is 17.1 Å². The monoisotopic (exact) mass is 659 g/mol. The van der Waals surface area contributed by atoms with Crippen LogP contribution >= 0.6 is 55.1 Å². The second-order valence-electron chi connectivity index (χ2n) is 9.07. The van der Waals surface area contributed by atoms with Crippen molar-refractivity contribution in [2.45, 2.75) is 0 Å². The molecule has 38 heavy (non-hydrogen) atoms. The van der Waals surface area contributed by atoms with E-state index < -0.39 is 0 Å². The zero-order valence-corrected chi connectivity index (χ0v) is 24.4. The molecule has 0 fully saturated rings. The van der Waals surface area contributed by atoms with E-state index in [4.69, 9.17) is 27.6 Å². The zero-order chi connectivity index (χ0) is 26.0. The molecule has 7 aromatic rings. The van der Waals surface area contributed by atoms with E-state index in [1.807, 2.05) is 54.6 Å². The highest BCUT2D eigenvalue weighted by atomic mass is 79.9. The maximum atomic E-state index is 7.27. The molecule has 0 saturated carbocycles. The molecular weight excluding hydrogens is 645 g/mol. The first-order chi connectivity index (χ1) is 18.5. The Morgan fingerprint density at radius 3 is 1.68 bits per heavy atom. The van der Waals surface area contributed by atoms with Crippen molar-refractivity contribution >= 4 is 116 Å². The van der Waals surface area contributed by atoms with E-state index in [2.05, 4.69) is 85.3 Å². The number of furan rings is 1. The summed E-state index contributed by atoms with van der Waals surface area (Å²) >= 11 is 22.2. The average molecular weight is 662 g/mol. The molecule has 0 aliphatic heterocycles. The molecule has 0 radical (unpaired) electrons. The largest absolute Gasteiger partial charge is 0.454 e. The van der Waals surface area contributed by atoms with Crippen LogP contribution in [0.5, 0.6) is 0 Å². The minimum atomic E-state index is 0.448. The Morgan fingerprint density at radius 2 is 1.08 bits per heavy atom. The minimum Gasteiger partial charge on any atom is -0.454 e. The van der Waals surface area contributed by atoms with Crippen LogP contribution in [0.1, 0.15) is 0 Å². The molecule has 0 saturated heterocycles. The van der Waals surface area contributed by atoms with E-state index in [1.54, 1.807) is 0 Å². The van der Waals surface area contributed by atoms with Gasteiger partial charge >= 0.3 is 0 Å². The summed E-state index contributed by atoms with van der Waals surface area (Å²) in [5.74, 6) is 0. The van der Waals surface area contributed by atoms with E-state index in [0.717, 1.165) is 58.2 Å². The molecule has 6 aromatic carbocycles. The molecule has 0 atom stereocenters. The van der Waals surface area contributed by atoms with Crippen LogP contribution in [0, 0.1) is 0 Å². The Morgan fingerprint density at radius 1 is 0.553 bits per heavy atom. The summed E-state index contributed by atoms with van der Waals surface area (Å²) in [4.78, 5) is 2.15. The Hall–Kier alpha value is -3.02. The molecule has 0 aliphatic rings. The molecular formula is C32H17Br2Cl2NO. The predicted molar refractivity (Wildman–Crippen MR) is 169 cm³/mol. The second kappa shape index (κ2) is 9.32. The van der Waals surface area contributed by atoms with E-state index in [1.165, 1.54) is 0 Å². The molecule has 0 spiro atoms. The Labute approximate surface area is 245 Å². The van der Waals surface area contributed by atoms with Crippen molar-refractivity contribution in [2.24, 2.45) is 0 Å². The summed E-state index contributed by atoms with van der Waals surface area (Å²) < 4.78 is 8.12. The lowest BCUT2D eigenvalue weighted by molar-refractivity contribution is 0.669. The number of nitrogens with zero attached hydrogens (tertiary/aromatic N) is 1. The van der Waals surface area contributed by atoms with Gasteiger partial charge in [0.1, 0.15) is 10.6 Å². The summed E-state index contributed by atoms with van der Waals surface area (Å²) in [5, 5.41) is 7.14. The summed E-state index contributed by atoms with van der Waals surface area (Å²) in [5.41, 5.74) is 3.87. The normalized spacial score (nSPS) is 11.7. The molecule has 1 heterocycles. The zero-order valence-electron chi connectivity index (χ0n) is 19.7. The molecule has 0 unspecified atom stereocenters. The summed E-state index contributed by atoms with van der Waals surface area (Å²) in [7, 11) is 0. The molecule has 0 N–H and O–H groups in total. The number of benzene rings is 6. The number of hydrogen-bond donors (Lipinski definition) is 0. The molecule has 184 valence electrons. The van der Waals surface area contributed by atoms with Gasteiger partial charge in [-0.15, -0.1) is 0 Å². The second-order valence-corrected chi connectivity index (χ2v) is 11.6. The fourth-order valence-electron chi connectivity index (χ4n) is 5.23. The minimum absolute atomic E-state index is 0.448. The van der Waals surface area contributed by atoms with Crippen LogP contribution in [0.3, 0.4) is 0 Å². The maximum absolute atomic E-state index is 7.27. The first kappa shape index (κ1) is 24.1. The highest BCUT2D eigenvalue weighted by Gasteiger charge is 2.28. The lowest BCUT2D eigenvalue weighted by Crippen LogP contribution is -2.14. The third-order valence-electron chi connectivity index (χ3n) is 6.91. The van der Waals surface area contributed by atoms with Gasteiger partial charge in [0.2, 0.25) is 0 Å². The molecule has 0 amide bonds. The van der Waals surface area contributed by atoms with Gasteiger partial charge in [0.15, 0.2) is 5.58 Å². The van der Waals surface area contributed by atoms with Crippen LogP contribution < -0.4 is 4.90 Å². The van der Waals surface area contributed by atoms with Gasteiger partial charge in [-0.25, -0.2) is 0 Å². The average Bonchev–Trinajstić information content (AvgIpc) is 3.31. The van der Waals surface area contributed by atoms with Gasteiger partial charge in [0, 0.05) is 30.5 Å². The third-order valence-corrected chi connectivity index (χ3v) is 8.83. The Balaban J connectivity index is 1.67. The summed E-state index contributed by atoms with van der Waals surface area (Å²) in [6, 6.07) is 34.8. The first-order valence-electron chi connectivity index (χ1n) is 12.0. The first-order valence-corrected chi connectivity index (χ1v) is 14.3.